The Kier molecular flexibility index (Phi) is 36.3. The van der Waals surface area contributed by atoms with Crippen molar-refractivity contribution in [2.75, 3.05) is 97.4 Å². The maximum absolute atomic E-state index is 12.4. The van der Waals surface area contributed by atoms with Gasteiger partial charge in [0.25, 0.3) is 28.5 Å². The molecule has 44 nitrogen and oxygen atoms in total. The lowest BCUT2D eigenvalue weighted by Gasteiger charge is -2.30. The standard InChI is InChI=1S/C20H23N9O3.C16H16ClN7O2.C10H12N4O.C6H5Cl2N3O.C5HCl3N2O.C5H4N2O4.C4H8N2O.CH5N.Cl3OP.ClH/c1-21-19(30)16-14(10-15(25-26-16)24-20(31)29-8-5-9-29)23-13-7-4-6-12(17(13)32-3)18-22-11-28(2)27-18;1-18-16(25)13-11(7-12(17)21-22-13)20-10-6-4-5-9(14(10)26-3)15-19-8-24(2)23-15;1-14-6-12-10(13-14)7-4-3-5-8(11)9(7)15-2;1-9-6(12)5-3(7)2-4(8)10-11-5;6-2-1-3(7)9-10-4(2)5(8)11;8-2-1-3(9)6-7-4(2)5(10)11;5-4(7)6-2-1-3-6;1-2;1-5(2,3)4;/h4,6-7,10-11H,5,8-9H2,1-3H3,(H,21,30)(H2,23,24,25,31);4-8H,1-3H3,(H,18,25)(H,20,21);3-6H,11H2,1-2H3;2H,1H3,(H,9,12);1H;1H,(H,10,11)(H2,6,8,9);1-3H2,(H2,5,7);2H2,1H3;;1H/i2*2D3;1D3;;;;;;;. The third-order valence-corrected chi connectivity index (χ3v) is 15.8. The summed E-state index contributed by atoms with van der Waals surface area (Å²) in [6, 6.07) is 21.0. The van der Waals surface area contributed by atoms with Gasteiger partial charge in [-0.15, -0.1) is 53.2 Å². The minimum atomic E-state index is -3.22. The number of methoxy groups -OCH3 is 3. The number of ether oxygens (including phenoxy) is 3. The fourth-order valence-electron chi connectivity index (χ4n) is 8.95. The molecule has 13 rings (SSSR count). The predicted octanol–water partition coefficient (Wildman–Crippen LogP) is 9.79. The average Bonchev–Trinajstić information content (AvgIpc) is 1.75. The largest absolute Gasteiger partial charge is 0.505 e. The van der Waals surface area contributed by atoms with E-state index in [1.54, 1.807) is 64.4 Å². The number of carbonyl (C=O) groups excluding carboxylic acids is 6. The maximum atomic E-state index is 12.4. The summed E-state index contributed by atoms with van der Waals surface area (Å²) in [5, 5.41) is 76.1. The number of urea groups is 2. The number of halogens is 10. The molecule has 7 amide bonds. The van der Waals surface area contributed by atoms with Crippen LogP contribution in [0.15, 0.2) is 109 Å². The van der Waals surface area contributed by atoms with E-state index in [2.05, 4.69) is 147 Å². The zero-order valence-corrected chi connectivity index (χ0v) is 72.3. The van der Waals surface area contributed by atoms with Gasteiger partial charge >= 0.3 is 23.2 Å². The minimum Gasteiger partial charge on any atom is -0.505 e. The summed E-state index contributed by atoms with van der Waals surface area (Å²) in [6.45, 7) is -4.23. The molecule has 8 aromatic heterocycles. The normalized spacial score (nSPS) is 12.5. The molecule has 652 valence electrons. The minimum absolute atomic E-state index is 0. The Bertz CT molecular complexity index is 5900. The van der Waals surface area contributed by atoms with E-state index in [-0.39, 0.29) is 108 Å². The van der Waals surface area contributed by atoms with E-state index in [1.807, 2.05) is 5.10 Å². The van der Waals surface area contributed by atoms with Crippen LogP contribution in [0.3, 0.4) is 0 Å². The lowest BCUT2D eigenvalue weighted by atomic mass is 10.1. The zero-order valence-electron chi connectivity index (χ0n) is 72.8. The van der Waals surface area contributed by atoms with E-state index in [0.717, 1.165) is 65.0 Å². The van der Waals surface area contributed by atoms with Crippen molar-refractivity contribution in [1.29, 1.82) is 0 Å². The highest BCUT2D eigenvalue weighted by molar-refractivity contribution is 8.24. The van der Waals surface area contributed by atoms with Gasteiger partial charge in [-0.25, -0.2) is 34.4 Å². The maximum Gasteiger partial charge on any atom is 0.360 e. The van der Waals surface area contributed by atoms with Crippen molar-refractivity contribution < 1.29 is 74.9 Å². The number of H-pyrrole nitrogens is 1. The summed E-state index contributed by atoms with van der Waals surface area (Å²) in [4.78, 5) is 104. The fourth-order valence-corrected chi connectivity index (χ4v) is 10.1. The number of aromatic hydroxyl groups is 1. The number of carboxylic acids is 1. The molecule has 2 saturated heterocycles. The quantitative estimate of drug-likeness (QED) is 0.0243. The average molecular weight is 1920 g/mol. The predicted molar refractivity (Wildman–Crippen MR) is 460 cm³/mol. The molecule has 2 aliphatic rings. The molecule has 0 unspecified atom stereocenters. The third-order valence-electron chi connectivity index (χ3n) is 14.5. The lowest BCUT2D eigenvalue weighted by molar-refractivity contribution is 0.0684. The smallest absolute Gasteiger partial charge is 0.360 e. The number of carboxylic acid groups (broad SMARTS) is 1. The monoisotopic (exact) mass is 1910 g/mol. The number of para-hydroxylation sites is 3. The number of nitrogens with zero attached hydrogens (tertiary/aromatic N) is 20. The van der Waals surface area contributed by atoms with Crippen LogP contribution in [-0.2, 0) is 25.5 Å². The van der Waals surface area contributed by atoms with Crippen LogP contribution in [0.4, 0.5) is 43.8 Å². The molecular formula is C67H75Cl10N30O14P. The highest BCUT2D eigenvalue weighted by Gasteiger charge is 2.25. The molecule has 3 aromatic carbocycles. The van der Waals surface area contributed by atoms with Gasteiger partial charge in [-0.3, -0.25) is 47.9 Å². The second-order valence-corrected chi connectivity index (χ2v) is 31.2. The van der Waals surface area contributed by atoms with E-state index in [9.17, 15) is 42.9 Å². The fraction of sp³-hybridized carbons (Fsp3) is 0.239. The molecule has 0 aliphatic carbocycles. The van der Waals surface area contributed by atoms with Crippen molar-refractivity contribution in [3.63, 3.8) is 0 Å². The number of benzene rings is 3. The van der Waals surface area contributed by atoms with Crippen LogP contribution in [0, 0.1) is 0 Å². The van der Waals surface area contributed by atoms with Crippen molar-refractivity contribution in [1.82, 2.24) is 121 Å². The van der Waals surface area contributed by atoms with E-state index in [4.69, 9.17) is 118 Å². The number of aromatic amines is 1. The second kappa shape index (κ2) is 50.3. The van der Waals surface area contributed by atoms with Crippen LogP contribution in [0.25, 0.3) is 34.2 Å². The molecule has 2 fully saturated rings. The Morgan fingerprint density at radius 1 is 0.541 bits per heavy atom. The number of aromatic carboxylic acids is 1. The van der Waals surface area contributed by atoms with E-state index in [1.165, 1.54) is 73.8 Å². The molecule has 55 heteroatoms. The first-order valence-corrected chi connectivity index (χ1v) is 39.9. The van der Waals surface area contributed by atoms with Crippen LogP contribution < -0.4 is 68.9 Å². The third kappa shape index (κ3) is 31.6. The van der Waals surface area contributed by atoms with Crippen LogP contribution >= 0.6 is 121 Å². The molecular weight excluding hydrogens is 1830 g/mol. The van der Waals surface area contributed by atoms with Gasteiger partial charge in [-0.1, -0.05) is 76.2 Å². The van der Waals surface area contributed by atoms with Crippen molar-refractivity contribution in [2.24, 2.45) is 32.4 Å². The summed E-state index contributed by atoms with van der Waals surface area (Å²) >= 11 is 46.9. The number of anilines is 6. The van der Waals surface area contributed by atoms with Crippen LogP contribution in [0.1, 0.15) is 77.6 Å². The Morgan fingerprint density at radius 2 is 0.926 bits per heavy atom. The van der Waals surface area contributed by atoms with Crippen molar-refractivity contribution >= 4 is 196 Å². The number of hydrogen-bond donors (Lipinski definition) is 12. The highest BCUT2D eigenvalue weighted by Crippen LogP contribution is 2.61. The Hall–Kier alpha value is -11.9. The molecule has 10 heterocycles. The summed E-state index contributed by atoms with van der Waals surface area (Å²) < 4.78 is 94.6. The Morgan fingerprint density at radius 3 is 1.28 bits per heavy atom. The molecule has 15 N–H and O–H groups in total. The number of aryl methyl sites for hydroxylation is 3. The van der Waals surface area contributed by atoms with Crippen LogP contribution in [0.2, 0.25) is 25.5 Å². The van der Waals surface area contributed by atoms with E-state index in [0.29, 0.717) is 69.8 Å². The number of carbonyl (C=O) groups is 7. The number of hydrogen-bond acceptors (Lipinski definition) is 32. The number of rotatable bonds is 16. The number of amides is 7. The Labute approximate surface area is 755 Å². The first-order chi connectivity index (χ1) is 61.0. The molecule has 2 aliphatic heterocycles. The summed E-state index contributed by atoms with van der Waals surface area (Å²) in [7, 11) is 10.3. The van der Waals surface area contributed by atoms with Crippen molar-refractivity contribution in [3.8, 4) is 57.2 Å². The zero-order chi connectivity index (χ0) is 97.5. The first-order valence-electron chi connectivity index (χ1n) is 37.7. The first kappa shape index (κ1) is 87.9. The number of nitrogens with two attached hydrogens (primary N) is 3. The number of primary amides is 1. The lowest BCUT2D eigenvalue weighted by Crippen LogP contribution is -2.45. The molecule has 0 spiro atoms. The van der Waals surface area contributed by atoms with Crippen LogP contribution in [-0.4, -0.2) is 232 Å². The van der Waals surface area contributed by atoms with E-state index >= 15 is 0 Å². The number of nitrogen functional groups attached to an aromatic ring is 1. The summed E-state index contributed by atoms with van der Waals surface area (Å²) in [5.74, 6) is -1.56. The highest BCUT2D eigenvalue weighted by atomic mass is 36.0. The van der Waals surface area contributed by atoms with Gasteiger partial charge in [0, 0.05) is 98.8 Å². The van der Waals surface area contributed by atoms with Gasteiger partial charge in [0.1, 0.15) is 19.0 Å². The SMILES string of the molecule is CN.CNC(=O)c1nnc(Cl)cc1Cl.Cl.NC(=O)N1CCC1.O=C(Cl)c1nnc(Cl)cc1Cl.O=C(O)c1n[nH]c(=O)cc1O.O=P(Cl)(Cl)Cl.[2H]C([2H])([2H])n1cnc(-c2cccc(N)c2OC)n1.[2H]C([2H])([2H])n1cnc(-c2cccc(Nc3cc(Cl)nnc3C(=O)NC)c2OC)n1.[2H]C([2H])([2H])n1cnc(-c2cccc(Nc3cc(NC(=O)N4CCC4)nnc3C(=O)NC)c2OC)n1. The number of aromatic nitrogens is 19. The molecule has 0 saturated carbocycles. The van der Waals surface area contributed by atoms with Gasteiger partial charge in [-0.05, 0) is 114 Å². The van der Waals surface area contributed by atoms with Crippen molar-refractivity contribution in [2.45, 2.75) is 12.8 Å². The number of likely N-dealkylation sites (tertiary alicyclic amines) is 2. The van der Waals surface area contributed by atoms with Crippen LogP contribution in [0.5, 0.6) is 23.0 Å². The van der Waals surface area contributed by atoms with Gasteiger partial charge in [0.05, 0.1) is 76.5 Å². The van der Waals surface area contributed by atoms with Crippen molar-refractivity contribution in [3.05, 3.63) is 168 Å². The van der Waals surface area contributed by atoms with Gasteiger partial charge < -0.3 is 78.0 Å². The Balaban J connectivity index is 0.000000334. The topological polar surface area (TPSA) is 602 Å². The summed E-state index contributed by atoms with van der Waals surface area (Å²) in [6.07, 6.45) is 5.45. The molecule has 0 bridgehead atoms. The molecule has 0 radical (unpaired) electrons. The number of nitrogens with one attached hydrogen (secondary N) is 7. The van der Waals surface area contributed by atoms with E-state index < -0.39 is 66.2 Å². The molecule has 0 atom stereocenters. The molecule has 122 heavy (non-hydrogen) atoms. The molecule has 11 aromatic rings. The van der Waals surface area contributed by atoms with Gasteiger partial charge in [-0.2, -0.15) is 20.4 Å². The summed E-state index contributed by atoms with van der Waals surface area (Å²) in [5.41, 5.74) is 17.3. The second-order valence-electron chi connectivity index (χ2n) is 22.3. The van der Waals surface area contributed by atoms with Gasteiger partial charge in [0.2, 0.25) is 5.69 Å². The van der Waals surface area contributed by atoms with Gasteiger partial charge in [0.15, 0.2) is 84.5 Å².